The van der Waals surface area contributed by atoms with E-state index in [-0.39, 0.29) is 0 Å². The highest BCUT2D eigenvalue weighted by Crippen LogP contribution is 2.43. The van der Waals surface area contributed by atoms with Crippen molar-refractivity contribution >= 4 is 0 Å². The van der Waals surface area contributed by atoms with Crippen molar-refractivity contribution in [3.8, 4) is 0 Å². The van der Waals surface area contributed by atoms with E-state index in [2.05, 4.69) is 20.8 Å². The zero-order valence-electron chi connectivity index (χ0n) is 12.7. The standard InChI is InChI=1S/C16H33NO/c1-4-5-11-18-12-10-16(13-17)8-6-15(7-9-16)14(2)3/h14-15H,4-13,17H2,1-3H3. The second-order valence-electron chi connectivity index (χ2n) is 6.50. The molecule has 0 amide bonds. The normalized spacial score (nSPS) is 28.8. The van der Waals surface area contributed by atoms with Gasteiger partial charge in [-0.2, -0.15) is 0 Å². The Bertz CT molecular complexity index is 207. The summed E-state index contributed by atoms with van der Waals surface area (Å²) in [6.45, 7) is 9.59. The molecule has 1 aliphatic rings. The third-order valence-corrected chi connectivity index (χ3v) is 4.89. The van der Waals surface area contributed by atoms with Crippen molar-refractivity contribution in [2.24, 2.45) is 23.0 Å². The van der Waals surface area contributed by atoms with E-state index in [1.54, 1.807) is 0 Å². The third kappa shape index (κ3) is 4.89. The molecular formula is C16H33NO. The van der Waals surface area contributed by atoms with E-state index in [9.17, 15) is 0 Å². The summed E-state index contributed by atoms with van der Waals surface area (Å²) in [5, 5.41) is 0. The SMILES string of the molecule is CCCCOCCC1(CN)CCC(C(C)C)CC1. The first-order chi connectivity index (χ1) is 8.63. The van der Waals surface area contributed by atoms with E-state index in [4.69, 9.17) is 10.5 Å². The van der Waals surface area contributed by atoms with Crippen LogP contribution in [0.15, 0.2) is 0 Å². The molecule has 1 fully saturated rings. The second kappa shape index (κ2) is 8.16. The minimum Gasteiger partial charge on any atom is -0.381 e. The van der Waals surface area contributed by atoms with Crippen molar-refractivity contribution in [1.29, 1.82) is 0 Å². The number of hydrogen-bond acceptors (Lipinski definition) is 2. The highest BCUT2D eigenvalue weighted by Gasteiger charge is 2.34. The van der Waals surface area contributed by atoms with Gasteiger partial charge in [0, 0.05) is 13.2 Å². The predicted octanol–water partition coefficient (Wildman–Crippen LogP) is 3.98. The van der Waals surface area contributed by atoms with Gasteiger partial charge in [0.15, 0.2) is 0 Å². The third-order valence-electron chi connectivity index (χ3n) is 4.89. The number of hydrogen-bond donors (Lipinski definition) is 1. The lowest BCUT2D eigenvalue weighted by Crippen LogP contribution is -2.36. The van der Waals surface area contributed by atoms with E-state index in [1.807, 2.05) is 0 Å². The van der Waals surface area contributed by atoms with Gasteiger partial charge in [0.25, 0.3) is 0 Å². The molecule has 1 aliphatic carbocycles. The van der Waals surface area contributed by atoms with Gasteiger partial charge in [0.05, 0.1) is 0 Å². The van der Waals surface area contributed by atoms with Crippen LogP contribution in [-0.4, -0.2) is 19.8 Å². The molecule has 1 saturated carbocycles. The van der Waals surface area contributed by atoms with Gasteiger partial charge in [-0.05, 0) is 62.3 Å². The maximum atomic E-state index is 6.05. The summed E-state index contributed by atoms with van der Waals surface area (Å²) < 4.78 is 5.72. The number of ether oxygens (including phenoxy) is 1. The molecule has 108 valence electrons. The van der Waals surface area contributed by atoms with Crippen molar-refractivity contribution in [3.05, 3.63) is 0 Å². The van der Waals surface area contributed by atoms with Crippen LogP contribution in [0.3, 0.4) is 0 Å². The van der Waals surface area contributed by atoms with Crippen LogP contribution in [-0.2, 0) is 4.74 Å². The smallest absolute Gasteiger partial charge is 0.0471 e. The minimum atomic E-state index is 0.387. The first-order valence-corrected chi connectivity index (χ1v) is 7.91. The Morgan fingerprint density at radius 1 is 1.22 bits per heavy atom. The van der Waals surface area contributed by atoms with E-state index in [1.165, 1.54) is 38.5 Å². The fourth-order valence-electron chi connectivity index (χ4n) is 3.11. The Morgan fingerprint density at radius 2 is 1.89 bits per heavy atom. The maximum absolute atomic E-state index is 6.05. The summed E-state index contributed by atoms with van der Waals surface area (Å²) in [5.41, 5.74) is 6.43. The van der Waals surface area contributed by atoms with Crippen LogP contribution in [0.1, 0.15) is 65.7 Å². The van der Waals surface area contributed by atoms with Crippen LogP contribution in [0.4, 0.5) is 0 Å². The predicted molar refractivity (Wildman–Crippen MR) is 78.6 cm³/mol. The quantitative estimate of drug-likeness (QED) is 0.666. The van der Waals surface area contributed by atoms with E-state index >= 15 is 0 Å². The van der Waals surface area contributed by atoms with Crippen molar-refractivity contribution in [2.45, 2.75) is 65.7 Å². The molecule has 0 aromatic heterocycles. The van der Waals surface area contributed by atoms with E-state index < -0.39 is 0 Å². The van der Waals surface area contributed by atoms with Gasteiger partial charge < -0.3 is 10.5 Å². The topological polar surface area (TPSA) is 35.2 Å². The summed E-state index contributed by atoms with van der Waals surface area (Å²) in [6, 6.07) is 0. The van der Waals surface area contributed by atoms with Crippen molar-refractivity contribution in [1.82, 2.24) is 0 Å². The van der Waals surface area contributed by atoms with Gasteiger partial charge in [0.2, 0.25) is 0 Å². The highest BCUT2D eigenvalue weighted by atomic mass is 16.5. The van der Waals surface area contributed by atoms with Crippen LogP contribution < -0.4 is 5.73 Å². The molecule has 0 aromatic rings. The Morgan fingerprint density at radius 3 is 2.39 bits per heavy atom. The molecule has 0 aliphatic heterocycles. The highest BCUT2D eigenvalue weighted by molar-refractivity contribution is 4.87. The first-order valence-electron chi connectivity index (χ1n) is 7.91. The minimum absolute atomic E-state index is 0.387. The van der Waals surface area contributed by atoms with Crippen LogP contribution in [0.25, 0.3) is 0 Å². The molecule has 0 radical (unpaired) electrons. The zero-order chi connectivity index (χ0) is 13.4. The average molecular weight is 255 g/mol. The van der Waals surface area contributed by atoms with Crippen molar-refractivity contribution < 1.29 is 4.74 Å². The van der Waals surface area contributed by atoms with Crippen molar-refractivity contribution in [3.63, 3.8) is 0 Å². The zero-order valence-corrected chi connectivity index (χ0v) is 12.7. The summed E-state index contributed by atoms with van der Waals surface area (Å²) in [5.74, 6) is 1.76. The van der Waals surface area contributed by atoms with Crippen LogP contribution >= 0.6 is 0 Å². The lowest BCUT2D eigenvalue weighted by Gasteiger charge is -2.40. The first kappa shape index (κ1) is 16.0. The average Bonchev–Trinajstić information content (AvgIpc) is 2.39. The largest absolute Gasteiger partial charge is 0.381 e. The molecule has 18 heavy (non-hydrogen) atoms. The fraction of sp³-hybridized carbons (Fsp3) is 1.00. The molecule has 0 heterocycles. The Hall–Kier alpha value is -0.0800. The van der Waals surface area contributed by atoms with Crippen molar-refractivity contribution in [2.75, 3.05) is 19.8 Å². The molecule has 2 heteroatoms. The molecule has 2 nitrogen and oxygen atoms in total. The van der Waals surface area contributed by atoms with E-state index in [0.717, 1.165) is 38.0 Å². The Kier molecular flexibility index (Phi) is 7.25. The summed E-state index contributed by atoms with van der Waals surface area (Å²) in [4.78, 5) is 0. The number of rotatable bonds is 8. The number of unbranched alkanes of at least 4 members (excludes halogenated alkanes) is 1. The lowest BCUT2D eigenvalue weighted by atomic mass is 9.66. The molecular weight excluding hydrogens is 222 g/mol. The van der Waals surface area contributed by atoms with Crippen LogP contribution in [0.5, 0.6) is 0 Å². The molecule has 1 rings (SSSR count). The fourth-order valence-corrected chi connectivity index (χ4v) is 3.11. The maximum Gasteiger partial charge on any atom is 0.0471 e. The molecule has 2 N–H and O–H groups in total. The van der Waals surface area contributed by atoms with Crippen LogP contribution in [0.2, 0.25) is 0 Å². The molecule has 0 saturated heterocycles. The Labute approximate surface area is 114 Å². The summed E-state index contributed by atoms with van der Waals surface area (Å²) >= 11 is 0. The van der Waals surface area contributed by atoms with Gasteiger partial charge in [0.1, 0.15) is 0 Å². The molecule has 0 aromatic carbocycles. The molecule has 0 spiro atoms. The second-order valence-corrected chi connectivity index (χ2v) is 6.50. The van der Waals surface area contributed by atoms with Gasteiger partial charge in [-0.15, -0.1) is 0 Å². The Balaban J connectivity index is 2.27. The van der Waals surface area contributed by atoms with Crippen LogP contribution in [0, 0.1) is 17.3 Å². The van der Waals surface area contributed by atoms with Gasteiger partial charge in [-0.3, -0.25) is 0 Å². The van der Waals surface area contributed by atoms with Gasteiger partial charge >= 0.3 is 0 Å². The molecule has 0 bridgehead atoms. The summed E-state index contributed by atoms with van der Waals surface area (Å²) in [7, 11) is 0. The lowest BCUT2D eigenvalue weighted by molar-refractivity contribution is 0.0601. The van der Waals surface area contributed by atoms with E-state index in [0.29, 0.717) is 5.41 Å². The van der Waals surface area contributed by atoms with Gasteiger partial charge in [-0.1, -0.05) is 27.2 Å². The molecule has 0 atom stereocenters. The molecule has 0 unspecified atom stereocenters. The van der Waals surface area contributed by atoms with Gasteiger partial charge in [-0.25, -0.2) is 0 Å². The summed E-state index contributed by atoms with van der Waals surface area (Å²) in [6.07, 6.45) is 8.92. The number of nitrogens with two attached hydrogens (primary N) is 1. The monoisotopic (exact) mass is 255 g/mol.